The van der Waals surface area contributed by atoms with Crippen molar-refractivity contribution in [3.63, 3.8) is 0 Å². The molecule has 4 aromatic carbocycles. The maximum Gasteiger partial charge on any atom is 0.417 e. The molecule has 13 heteroatoms. The molecule has 2 fully saturated rings. The normalized spacial score (nSPS) is 20.5. The topological polar surface area (TPSA) is 103 Å². The van der Waals surface area contributed by atoms with E-state index in [1.165, 1.54) is 6.33 Å². The van der Waals surface area contributed by atoms with E-state index in [-0.39, 0.29) is 18.7 Å². The Balaban J connectivity index is 0.912. The Bertz CT molecular complexity index is 1880. The zero-order chi connectivity index (χ0) is 34.5. The predicted octanol–water partition coefficient (Wildman–Crippen LogP) is 7.26. The van der Waals surface area contributed by atoms with Gasteiger partial charge in [-0.05, 0) is 79.7 Å². The Morgan fingerprint density at radius 1 is 0.960 bits per heavy atom. The highest BCUT2D eigenvalue weighted by Crippen LogP contribution is 2.40. The molecule has 5 aromatic rings. The minimum atomic E-state index is -1.17. The number of ether oxygens (including phenoxy) is 4. The molecular weight excluding hydrogens is 679 g/mol. The summed E-state index contributed by atoms with van der Waals surface area (Å²) >= 11 is 12.7. The van der Waals surface area contributed by atoms with Crippen LogP contribution in [-0.2, 0) is 21.8 Å². The number of halogens is 2. The molecule has 0 spiro atoms. The van der Waals surface area contributed by atoms with Gasteiger partial charge < -0.3 is 28.7 Å². The van der Waals surface area contributed by atoms with Crippen molar-refractivity contribution in [3.05, 3.63) is 125 Å². The fourth-order valence-electron chi connectivity index (χ4n) is 6.28. The van der Waals surface area contributed by atoms with E-state index in [1.54, 1.807) is 35.3 Å². The summed E-state index contributed by atoms with van der Waals surface area (Å²) in [7, 11) is 0. The summed E-state index contributed by atoms with van der Waals surface area (Å²) in [6, 6.07) is 30.5. The number of benzene rings is 4. The average Bonchev–Trinajstić information content (AvgIpc) is 3.79. The monoisotopic (exact) mass is 714 g/mol. The Morgan fingerprint density at radius 3 is 2.46 bits per heavy atom. The number of nitrogens with zero attached hydrogens (tertiary/aromatic N) is 5. The van der Waals surface area contributed by atoms with Crippen molar-refractivity contribution in [3.8, 4) is 11.5 Å². The van der Waals surface area contributed by atoms with Crippen molar-refractivity contribution in [2.24, 2.45) is 0 Å². The molecule has 1 unspecified atom stereocenters. The van der Waals surface area contributed by atoms with Crippen LogP contribution in [-0.4, -0.2) is 65.9 Å². The van der Waals surface area contributed by atoms with Crippen LogP contribution in [0.25, 0.3) is 0 Å². The summed E-state index contributed by atoms with van der Waals surface area (Å²) in [6.07, 6.45) is 2.20. The molecule has 3 atom stereocenters. The van der Waals surface area contributed by atoms with Crippen LogP contribution in [0.5, 0.6) is 11.5 Å². The van der Waals surface area contributed by atoms with E-state index < -0.39 is 11.9 Å². The van der Waals surface area contributed by atoms with Gasteiger partial charge in [-0.25, -0.2) is 14.5 Å². The van der Waals surface area contributed by atoms with E-state index in [4.69, 9.17) is 42.1 Å². The van der Waals surface area contributed by atoms with Gasteiger partial charge in [0.05, 0.1) is 11.6 Å². The molecule has 2 saturated heterocycles. The number of rotatable bonds is 10. The van der Waals surface area contributed by atoms with Gasteiger partial charge in [0, 0.05) is 53.3 Å². The van der Waals surface area contributed by atoms with Gasteiger partial charge in [-0.3, -0.25) is 5.32 Å². The summed E-state index contributed by atoms with van der Waals surface area (Å²) < 4.78 is 25.9. The fraction of sp³-hybridized carbons (Fsp3) is 0.270. The number of hydrogen-bond donors (Lipinski definition) is 1. The first-order valence-corrected chi connectivity index (χ1v) is 17.1. The smallest absolute Gasteiger partial charge is 0.417 e. The van der Waals surface area contributed by atoms with E-state index in [1.807, 2.05) is 60.7 Å². The molecule has 1 aromatic heterocycles. The molecule has 2 aliphatic heterocycles. The van der Waals surface area contributed by atoms with Crippen LogP contribution in [0, 0.1) is 0 Å². The molecule has 50 heavy (non-hydrogen) atoms. The van der Waals surface area contributed by atoms with Crippen LogP contribution in [0.1, 0.15) is 12.5 Å². The lowest BCUT2D eigenvalue weighted by Crippen LogP contribution is -2.52. The summed E-state index contributed by atoms with van der Waals surface area (Å²) in [6.45, 7) is 5.67. The van der Waals surface area contributed by atoms with Gasteiger partial charge in [-0.1, -0.05) is 47.5 Å². The van der Waals surface area contributed by atoms with Crippen molar-refractivity contribution in [1.29, 1.82) is 0 Å². The van der Waals surface area contributed by atoms with E-state index in [9.17, 15) is 4.79 Å². The molecule has 11 nitrogen and oxygen atoms in total. The Labute approximate surface area is 300 Å². The lowest BCUT2D eigenvalue weighted by Gasteiger charge is -2.42. The number of carbonyl (C=O) groups excluding carboxylic acids is 1. The van der Waals surface area contributed by atoms with Gasteiger partial charge in [0.15, 0.2) is 0 Å². The largest absolute Gasteiger partial charge is 0.491 e. The van der Waals surface area contributed by atoms with Crippen molar-refractivity contribution in [1.82, 2.24) is 14.8 Å². The highest BCUT2D eigenvalue weighted by molar-refractivity contribution is 6.35. The highest BCUT2D eigenvalue weighted by atomic mass is 35.5. The number of amides is 1. The van der Waals surface area contributed by atoms with Gasteiger partial charge in [-0.2, -0.15) is 5.10 Å². The lowest BCUT2D eigenvalue weighted by atomic mass is 10.1. The Hall–Kier alpha value is -4.81. The predicted molar refractivity (Wildman–Crippen MR) is 192 cm³/mol. The maximum atomic E-state index is 12.3. The van der Waals surface area contributed by atoms with E-state index in [0.29, 0.717) is 40.3 Å². The first-order valence-electron chi connectivity index (χ1n) is 16.3. The Kier molecular flexibility index (Phi) is 10.1. The van der Waals surface area contributed by atoms with Crippen molar-refractivity contribution >= 4 is 46.4 Å². The molecule has 3 heterocycles. The third-order valence-electron chi connectivity index (χ3n) is 8.70. The zero-order valence-corrected chi connectivity index (χ0v) is 28.8. The summed E-state index contributed by atoms with van der Waals surface area (Å²) in [5, 5.41) is 7.98. The van der Waals surface area contributed by atoms with Gasteiger partial charge in [0.25, 0.3) is 0 Å². The standard InChI is InChI=1S/C37H36Cl2N6O5/c1-26-20-43(29-10-8-28(9-11-29)42-36(46)49-32-5-3-2-4-6-32)17-18-45(26)30-12-14-31(15-13-30)47-21-33-22-48-37(50-33,23-44-25-40-24-41-44)34-16-7-27(38)19-35(34)39/h2-16,19,24-26,33H,17-18,20-23H2,1H3,(H,42,46)/t26?,33-,37-/m1/s1. The minimum Gasteiger partial charge on any atom is -0.491 e. The van der Waals surface area contributed by atoms with Crippen molar-refractivity contribution < 1.29 is 23.7 Å². The van der Waals surface area contributed by atoms with Gasteiger partial charge in [0.1, 0.15) is 43.4 Å². The van der Waals surface area contributed by atoms with Gasteiger partial charge in [0.2, 0.25) is 5.79 Å². The van der Waals surface area contributed by atoms with Crippen LogP contribution in [0.2, 0.25) is 10.0 Å². The molecule has 7 rings (SSSR count). The highest BCUT2D eigenvalue weighted by Gasteiger charge is 2.45. The van der Waals surface area contributed by atoms with Crippen molar-refractivity contribution in [2.75, 3.05) is 48.0 Å². The number of para-hydroxylation sites is 1. The average molecular weight is 716 g/mol. The molecule has 0 radical (unpaired) electrons. The quantitative estimate of drug-likeness (QED) is 0.160. The molecule has 0 aliphatic carbocycles. The summed E-state index contributed by atoms with van der Waals surface area (Å²) in [4.78, 5) is 21.1. The second-order valence-corrected chi connectivity index (χ2v) is 13.0. The summed E-state index contributed by atoms with van der Waals surface area (Å²) in [5.41, 5.74) is 3.57. The third-order valence-corrected chi connectivity index (χ3v) is 9.25. The van der Waals surface area contributed by atoms with Crippen LogP contribution in [0.3, 0.4) is 0 Å². The Morgan fingerprint density at radius 2 is 1.74 bits per heavy atom. The molecule has 258 valence electrons. The maximum absolute atomic E-state index is 12.3. The number of aromatic nitrogens is 3. The van der Waals surface area contributed by atoms with Gasteiger partial charge >= 0.3 is 6.09 Å². The second-order valence-electron chi connectivity index (χ2n) is 12.2. The molecular formula is C37H36Cl2N6O5. The van der Waals surface area contributed by atoms with Gasteiger partial charge in [-0.15, -0.1) is 0 Å². The lowest BCUT2D eigenvalue weighted by molar-refractivity contribution is -0.190. The third kappa shape index (κ3) is 7.81. The second kappa shape index (κ2) is 15.0. The van der Waals surface area contributed by atoms with E-state index in [2.05, 4.69) is 44.3 Å². The van der Waals surface area contributed by atoms with Crippen LogP contribution in [0.15, 0.2) is 110 Å². The first kappa shape index (κ1) is 33.7. The van der Waals surface area contributed by atoms with Crippen LogP contribution < -0.4 is 24.6 Å². The molecule has 1 amide bonds. The number of piperazine rings is 1. The van der Waals surface area contributed by atoms with Crippen LogP contribution >= 0.6 is 23.2 Å². The van der Waals surface area contributed by atoms with Crippen LogP contribution in [0.4, 0.5) is 21.9 Å². The number of nitrogens with one attached hydrogen (secondary N) is 1. The number of hydrogen-bond acceptors (Lipinski definition) is 9. The minimum absolute atomic E-state index is 0.263. The number of anilines is 3. The molecule has 0 bridgehead atoms. The zero-order valence-electron chi connectivity index (χ0n) is 27.3. The fourth-order valence-corrected chi connectivity index (χ4v) is 6.83. The van der Waals surface area contributed by atoms with E-state index in [0.717, 1.165) is 36.8 Å². The SMILES string of the molecule is CC1CN(c2ccc(NC(=O)Oc3ccccc3)cc2)CCN1c1ccc(OC[C@@H]2CO[C@@](Cn3cncn3)(c3ccc(Cl)cc3Cl)O2)cc1. The molecule has 2 aliphatic rings. The van der Waals surface area contributed by atoms with Crippen molar-refractivity contribution in [2.45, 2.75) is 31.4 Å². The number of carbonyl (C=O) groups is 1. The first-order chi connectivity index (χ1) is 24.3. The molecule has 0 saturated carbocycles. The summed E-state index contributed by atoms with van der Waals surface area (Å²) in [5.74, 6) is 0.0673. The molecule has 1 N–H and O–H groups in total. The van der Waals surface area contributed by atoms with E-state index >= 15 is 0 Å².